The van der Waals surface area contributed by atoms with Crippen molar-refractivity contribution in [2.75, 3.05) is 6.54 Å². The number of rotatable bonds is 37. The van der Waals surface area contributed by atoms with Crippen molar-refractivity contribution in [2.45, 2.75) is 205 Å². The number of carbonyl (C=O) groups excluding carboxylic acids is 7. The van der Waals surface area contributed by atoms with E-state index in [0.717, 1.165) is 44.9 Å². The van der Waals surface area contributed by atoms with Gasteiger partial charge >= 0.3 is 88.7 Å². The number of carbonyl (C=O) groups is 7. The van der Waals surface area contributed by atoms with Gasteiger partial charge in [0.1, 0.15) is 6.04 Å². The van der Waals surface area contributed by atoms with Crippen molar-refractivity contribution >= 4 is 41.5 Å². The molecule has 0 aliphatic rings. The summed E-state index contributed by atoms with van der Waals surface area (Å²) in [5.41, 5.74) is 0. The maximum atomic E-state index is 12.8. The third kappa shape index (κ3) is 39.2. The van der Waals surface area contributed by atoms with E-state index in [-0.39, 0.29) is 146 Å². The molecule has 57 heavy (non-hydrogen) atoms. The second kappa shape index (κ2) is 43.4. The summed E-state index contributed by atoms with van der Waals surface area (Å²) in [5, 5.41) is 44.2. The van der Waals surface area contributed by atoms with Crippen LogP contribution in [0.4, 0.5) is 0 Å². The molecule has 0 saturated heterocycles. The molecule has 0 spiro atoms. The van der Waals surface area contributed by atoms with Crippen LogP contribution in [0.5, 0.6) is 0 Å². The van der Waals surface area contributed by atoms with Gasteiger partial charge in [-0.2, -0.15) is 0 Å². The second-order valence-corrected chi connectivity index (χ2v) is 14.4. The summed E-state index contributed by atoms with van der Waals surface area (Å²) in [4.78, 5) is 84.2. The minimum atomic E-state index is -1.54. The Bertz CT molecular complexity index is 1100. The number of carboxylic acids is 3. The molecule has 0 aliphatic heterocycles. The Balaban J connectivity index is -0.00000468. The summed E-state index contributed by atoms with van der Waals surface area (Å²) in [7, 11) is 0. The fraction of sp³-hybridized carbons (Fsp3) is 0.825. The van der Waals surface area contributed by atoms with Gasteiger partial charge in [-0.3, -0.25) is 19.2 Å². The van der Waals surface area contributed by atoms with E-state index in [1.807, 2.05) is 0 Å². The molecule has 0 bridgehead atoms. The van der Waals surface area contributed by atoms with Crippen LogP contribution in [0.25, 0.3) is 0 Å². The molecule has 4 amide bonds. The fourth-order valence-corrected chi connectivity index (χ4v) is 6.10. The van der Waals surface area contributed by atoms with Crippen molar-refractivity contribution < 1.29 is 138 Å². The van der Waals surface area contributed by atoms with Gasteiger partial charge in [0.15, 0.2) is 0 Å². The van der Waals surface area contributed by atoms with Crippen LogP contribution >= 0.6 is 0 Å². The third-order valence-corrected chi connectivity index (χ3v) is 9.42. The minimum absolute atomic E-state index is 0. The molecule has 0 aromatic rings. The number of aliphatic carboxylic acids is 3. The van der Waals surface area contributed by atoms with Crippen molar-refractivity contribution in [2.24, 2.45) is 0 Å². The molecule has 4 N–H and O–H groups in total. The zero-order chi connectivity index (χ0) is 40.4. The summed E-state index contributed by atoms with van der Waals surface area (Å²) >= 11 is 0. The summed E-state index contributed by atoms with van der Waals surface area (Å²) in [5.74, 6) is -6.51. The van der Waals surface area contributed by atoms with Gasteiger partial charge in [0, 0.05) is 31.8 Å². The van der Waals surface area contributed by atoms with Crippen LogP contribution in [0.3, 0.4) is 0 Å². The van der Waals surface area contributed by atoms with E-state index in [0.29, 0.717) is 19.3 Å². The van der Waals surface area contributed by atoms with Crippen LogP contribution in [0.1, 0.15) is 187 Å². The van der Waals surface area contributed by atoms with E-state index in [1.54, 1.807) is 0 Å². The maximum Gasteiger partial charge on any atom is 1.00 e. The summed E-state index contributed by atoms with van der Waals surface area (Å²) in [6.07, 6.45) is 19.1. The first-order valence-electron chi connectivity index (χ1n) is 20.7. The molecular formula is C40H69N4Na3O10. The zero-order valence-corrected chi connectivity index (χ0v) is 42.1. The number of nitrogens with one attached hydrogen (secondary N) is 4. The summed E-state index contributed by atoms with van der Waals surface area (Å²) in [6, 6.07) is -3.83. The smallest absolute Gasteiger partial charge is 0.550 e. The largest absolute Gasteiger partial charge is 1.00 e. The van der Waals surface area contributed by atoms with Gasteiger partial charge in [-0.05, 0) is 51.4 Å². The molecule has 0 aliphatic carbocycles. The van der Waals surface area contributed by atoms with Crippen LogP contribution in [0, 0.1) is 0 Å². The van der Waals surface area contributed by atoms with Gasteiger partial charge in [0.25, 0.3) is 0 Å². The maximum absolute atomic E-state index is 12.8. The Labute approximate surface area is 408 Å². The molecule has 0 rings (SSSR count). The third-order valence-electron chi connectivity index (χ3n) is 9.42. The normalized spacial score (nSPS) is 12.0. The fourth-order valence-electron chi connectivity index (χ4n) is 6.10. The van der Waals surface area contributed by atoms with Crippen LogP contribution in [-0.4, -0.2) is 66.2 Å². The van der Waals surface area contributed by atoms with E-state index >= 15 is 0 Å². The van der Waals surface area contributed by atoms with Gasteiger partial charge in [0.2, 0.25) is 23.6 Å². The zero-order valence-electron chi connectivity index (χ0n) is 36.1. The molecule has 3 unspecified atom stereocenters. The number of hydrogen-bond acceptors (Lipinski definition) is 10. The van der Waals surface area contributed by atoms with Gasteiger partial charge < -0.3 is 51.0 Å². The summed E-state index contributed by atoms with van der Waals surface area (Å²) in [6.45, 7) is 4.45. The Morgan fingerprint density at radius 2 is 0.754 bits per heavy atom. The van der Waals surface area contributed by atoms with Gasteiger partial charge in [-0.25, -0.2) is 0 Å². The molecule has 0 radical (unpaired) electrons. The van der Waals surface area contributed by atoms with Crippen LogP contribution < -0.4 is 125 Å². The molecule has 0 aromatic carbocycles. The van der Waals surface area contributed by atoms with Crippen molar-refractivity contribution in [1.82, 2.24) is 21.3 Å². The van der Waals surface area contributed by atoms with Gasteiger partial charge in [-0.1, -0.05) is 117 Å². The molecule has 0 heterocycles. The van der Waals surface area contributed by atoms with Crippen LogP contribution in [-0.2, 0) is 33.6 Å². The van der Waals surface area contributed by atoms with Crippen molar-refractivity contribution in [3.8, 4) is 0 Å². The van der Waals surface area contributed by atoms with E-state index in [1.165, 1.54) is 57.8 Å². The topological polar surface area (TPSA) is 237 Å². The molecule has 3 atom stereocenters. The molecule has 312 valence electrons. The average molecular weight is 835 g/mol. The van der Waals surface area contributed by atoms with E-state index < -0.39 is 60.2 Å². The predicted octanol–water partition coefficient (Wildman–Crippen LogP) is -6.61. The number of hydrogen-bond donors (Lipinski definition) is 4. The SMILES string of the molecule is CCCCCCCCCCCC(=O)NC(CCC(=O)NC(CCCCNC(=O)C(CCC(=O)[O-])NC(=O)CCCCCCCCCCC)C(=O)[O-])C(=O)[O-].[Na+].[Na+].[Na+]. The second-order valence-electron chi connectivity index (χ2n) is 14.4. The molecular weight excluding hydrogens is 765 g/mol. The molecule has 0 saturated carbocycles. The monoisotopic (exact) mass is 834 g/mol. The first-order chi connectivity index (χ1) is 25.9. The predicted molar refractivity (Wildman–Crippen MR) is 200 cm³/mol. The summed E-state index contributed by atoms with van der Waals surface area (Å²) < 4.78 is 0. The van der Waals surface area contributed by atoms with Crippen LogP contribution in [0.2, 0.25) is 0 Å². The standard InChI is InChI=1S/C40H72N4O10.3Na/c1-3-5-7-9-11-13-15-17-19-24-34(45)42-31(27-29-37(48)49)38(50)41-30-22-21-23-32(39(51)52)43-36(47)28-26-33(40(53)54)44-35(46)25-20-18-16-14-12-10-8-6-4-2;;;/h31-33H,3-30H2,1-2H3,(H,41,50)(H,42,45)(H,43,47)(H,44,46)(H,48,49)(H,51,52)(H,53,54);;;/q;3*+1/p-3. The minimum Gasteiger partial charge on any atom is -0.550 e. The Kier molecular flexibility index (Phi) is 47.9. The Morgan fingerprint density at radius 3 is 1.16 bits per heavy atom. The van der Waals surface area contributed by atoms with Crippen molar-refractivity contribution in [1.29, 1.82) is 0 Å². The Morgan fingerprint density at radius 1 is 0.404 bits per heavy atom. The van der Waals surface area contributed by atoms with Crippen LogP contribution in [0.15, 0.2) is 0 Å². The van der Waals surface area contributed by atoms with E-state index in [2.05, 4.69) is 35.1 Å². The average Bonchev–Trinajstić information content (AvgIpc) is 3.12. The van der Waals surface area contributed by atoms with Gasteiger partial charge in [0.05, 0.1) is 24.0 Å². The molecule has 0 fully saturated rings. The van der Waals surface area contributed by atoms with Gasteiger partial charge in [-0.15, -0.1) is 0 Å². The molecule has 14 nitrogen and oxygen atoms in total. The first-order valence-corrected chi connectivity index (χ1v) is 20.7. The number of unbranched alkanes of at least 4 members (excludes halogenated alkanes) is 17. The quantitative estimate of drug-likeness (QED) is 0.0341. The van der Waals surface area contributed by atoms with E-state index in [9.17, 15) is 48.9 Å². The van der Waals surface area contributed by atoms with E-state index in [4.69, 9.17) is 0 Å². The first kappa shape index (κ1) is 62.9. The molecule has 17 heteroatoms. The van der Waals surface area contributed by atoms with Crippen molar-refractivity contribution in [3.63, 3.8) is 0 Å². The molecule has 0 aromatic heterocycles. The number of amides is 4. The Hall–Kier alpha value is -0.710. The van der Waals surface area contributed by atoms with Crippen molar-refractivity contribution in [3.05, 3.63) is 0 Å². The number of carboxylic acid groups (broad SMARTS) is 3.